The maximum absolute atomic E-state index is 12.3. The van der Waals surface area contributed by atoms with E-state index in [1.54, 1.807) is 0 Å². The molecular weight excluding hydrogens is 308 g/mol. The minimum Gasteiger partial charge on any atom is -0.267 e. The predicted octanol–water partition coefficient (Wildman–Crippen LogP) is 4.82. The van der Waals surface area contributed by atoms with Gasteiger partial charge in [-0.2, -0.15) is 5.10 Å². The zero-order valence-electron chi connectivity index (χ0n) is 14.4. The Balaban J connectivity index is 1.70. The van der Waals surface area contributed by atoms with Gasteiger partial charge in [-0.05, 0) is 42.7 Å². The Labute approximate surface area is 148 Å². The van der Waals surface area contributed by atoms with E-state index in [0.29, 0.717) is 5.56 Å². The van der Waals surface area contributed by atoms with Crippen LogP contribution in [-0.4, -0.2) is 11.6 Å². The number of rotatable bonds is 4. The minimum absolute atomic E-state index is 0.216. The van der Waals surface area contributed by atoms with Crippen molar-refractivity contribution in [2.45, 2.75) is 13.8 Å². The molecule has 124 valence electrons. The van der Waals surface area contributed by atoms with Crippen LogP contribution in [0.25, 0.3) is 11.1 Å². The number of nitrogens with one attached hydrogen (secondary N) is 1. The summed E-state index contributed by atoms with van der Waals surface area (Å²) in [6, 6.07) is 25.6. The first-order valence-corrected chi connectivity index (χ1v) is 8.20. The lowest BCUT2D eigenvalue weighted by molar-refractivity contribution is 0.0955. The molecule has 3 aromatic carbocycles. The second-order valence-electron chi connectivity index (χ2n) is 5.95. The van der Waals surface area contributed by atoms with Crippen LogP contribution < -0.4 is 5.43 Å². The van der Waals surface area contributed by atoms with Gasteiger partial charge in [0.2, 0.25) is 0 Å². The maximum atomic E-state index is 12.3. The topological polar surface area (TPSA) is 41.5 Å². The average Bonchev–Trinajstić information content (AvgIpc) is 2.66. The lowest BCUT2D eigenvalue weighted by atomic mass is 10.0. The van der Waals surface area contributed by atoms with E-state index in [0.717, 1.165) is 28.0 Å². The van der Waals surface area contributed by atoms with Gasteiger partial charge >= 0.3 is 0 Å². The molecule has 3 rings (SSSR count). The second kappa shape index (κ2) is 7.58. The van der Waals surface area contributed by atoms with E-state index in [1.165, 1.54) is 0 Å². The summed E-state index contributed by atoms with van der Waals surface area (Å²) in [5, 5.41) is 4.21. The van der Waals surface area contributed by atoms with Gasteiger partial charge in [-0.1, -0.05) is 72.3 Å². The van der Waals surface area contributed by atoms with E-state index in [1.807, 2.05) is 92.7 Å². The second-order valence-corrected chi connectivity index (χ2v) is 5.95. The zero-order chi connectivity index (χ0) is 17.6. The third kappa shape index (κ3) is 4.21. The lowest BCUT2D eigenvalue weighted by Crippen LogP contribution is -2.19. The van der Waals surface area contributed by atoms with Crippen molar-refractivity contribution in [2.75, 3.05) is 0 Å². The van der Waals surface area contributed by atoms with Crippen molar-refractivity contribution in [3.63, 3.8) is 0 Å². The van der Waals surface area contributed by atoms with Crippen LogP contribution in [0, 0.1) is 6.92 Å². The molecule has 0 radical (unpaired) electrons. The van der Waals surface area contributed by atoms with Crippen molar-refractivity contribution in [3.8, 4) is 11.1 Å². The summed E-state index contributed by atoms with van der Waals surface area (Å²) in [4.78, 5) is 12.3. The first-order chi connectivity index (χ1) is 12.1. The molecule has 0 aromatic heterocycles. The summed E-state index contributed by atoms with van der Waals surface area (Å²) in [5.74, 6) is -0.216. The Morgan fingerprint density at radius 3 is 2.16 bits per heavy atom. The van der Waals surface area contributed by atoms with Gasteiger partial charge in [0.05, 0.1) is 5.71 Å². The molecule has 0 atom stereocenters. The fourth-order valence-corrected chi connectivity index (χ4v) is 2.58. The summed E-state index contributed by atoms with van der Waals surface area (Å²) in [7, 11) is 0. The highest BCUT2D eigenvalue weighted by Gasteiger charge is 2.06. The van der Waals surface area contributed by atoms with E-state index in [4.69, 9.17) is 0 Å². The quantitative estimate of drug-likeness (QED) is 0.541. The number of benzene rings is 3. The van der Waals surface area contributed by atoms with Gasteiger partial charge in [-0.3, -0.25) is 4.79 Å². The number of carbonyl (C=O) groups is 1. The molecule has 0 aliphatic rings. The Morgan fingerprint density at radius 1 is 0.800 bits per heavy atom. The van der Waals surface area contributed by atoms with E-state index in [2.05, 4.69) is 10.5 Å². The van der Waals surface area contributed by atoms with Crippen LogP contribution in [0.5, 0.6) is 0 Å². The molecule has 0 saturated heterocycles. The van der Waals surface area contributed by atoms with Crippen LogP contribution in [0.1, 0.15) is 28.4 Å². The number of hydrogen-bond acceptors (Lipinski definition) is 2. The minimum atomic E-state index is -0.216. The number of hydrazone groups is 1. The summed E-state index contributed by atoms with van der Waals surface area (Å²) in [6.45, 7) is 3.91. The molecule has 3 nitrogen and oxygen atoms in total. The van der Waals surface area contributed by atoms with Crippen molar-refractivity contribution >= 4 is 11.6 Å². The van der Waals surface area contributed by atoms with Gasteiger partial charge in [-0.25, -0.2) is 5.43 Å². The van der Waals surface area contributed by atoms with Gasteiger partial charge in [0.25, 0.3) is 5.91 Å². The van der Waals surface area contributed by atoms with E-state index in [-0.39, 0.29) is 5.91 Å². The first-order valence-electron chi connectivity index (χ1n) is 8.20. The van der Waals surface area contributed by atoms with Crippen molar-refractivity contribution < 1.29 is 4.79 Å². The molecule has 3 heteroatoms. The molecule has 0 aliphatic carbocycles. The molecule has 0 unspecified atom stereocenters. The molecule has 0 bridgehead atoms. The van der Waals surface area contributed by atoms with Crippen molar-refractivity contribution in [1.82, 2.24) is 5.43 Å². The van der Waals surface area contributed by atoms with Crippen LogP contribution in [-0.2, 0) is 0 Å². The Hall–Kier alpha value is -3.20. The number of aryl methyl sites for hydroxylation is 1. The third-order valence-electron chi connectivity index (χ3n) is 4.02. The highest BCUT2D eigenvalue weighted by molar-refractivity contribution is 6.01. The molecule has 25 heavy (non-hydrogen) atoms. The van der Waals surface area contributed by atoms with Gasteiger partial charge in [0.15, 0.2) is 0 Å². The molecular formula is C22H20N2O. The van der Waals surface area contributed by atoms with E-state index in [9.17, 15) is 4.79 Å². The normalized spacial score (nSPS) is 11.2. The first kappa shape index (κ1) is 16.7. The Kier molecular flexibility index (Phi) is 5.05. The fourth-order valence-electron chi connectivity index (χ4n) is 2.58. The van der Waals surface area contributed by atoms with Crippen molar-refractivity contribution in [3.05, 3.63) is 95.6 Å². The Bertz CT molecular complexity index is 897. The monoisotopic (exact) mass is 328 g/mol. The number of amides is 1. The third-order valence-corrected chi connectivity index (χ3v) is 4.02. The summed E-state index contributed by atoms with van der Waals surface area (Å²) >= 11 is 0. The maximum Gasteiger partial charge on any atom is 0.271 e. The van der Waals surface area contributed by atoms with Gasteiger partial charge in [0.1, 0.15) is 0 Å². The summed E-state index contributed by atoms with van der Waals surface area (Å²) in [5.41, 5.74) is 8.35. The summed E-state index contributed by atoms with van der Waals surface area (Å²) < 4.78 is 0. The van der Waals surface area contributed by atoms with Crippen LogP contribution in [0.3, 0.4) is 0 Å². The van der Waals surface area contributed by atoms with Gasteiger partial charge in [0, 0.05) is 5.56 Å². The van der Waals surface area contributed by atoms with E-state index < -0.39 is 0 Å². The molecule has 0 fully saturated rings. The zero-order valence-corrected chi connectivity index (χ0v) is 14.4. The highest BCUT2D eigenvalue weighted by Crippen LogP contribution is 2.19. The van der Waals surface area contributed by atoms with Crippen LogP contribution >= 0.6 is 0 Å². The standard InChI is InChI=1S/C22H20N2O/c1-16-7-6-10-21(15-16)17(2)23-24-22(25)20-13-11-19(12-14-20)18-8-4-3-5-9-18/h3-15H,1-2H3,(H,24,25)/b23-17+. The lowest BCUT2D eigenvalue weighted by Gasteiger charge is -2.05. The highest BCUT2D eigenvalue weighted by atomic mass is 16.2. The molecule has 0 saturated carbocycles. The van der Waals surface area contributed by atoms with Crippen LogP contribution in [0.15, 0.2) is 84.0 Å². The van der Waals surface area contributed by atoms with Crippen LogP contribution in [0.4, 0.5) is 0 Å². The number of nitrogens with zero attached hydrogens (tertiary/aromatic N) is 1. The predicted molar refractivity (Wildman–Crippen MR) is 103 cm³/mol. The van der Waals surface area contributed by atoms with Crippen molar-refractivity contribution in [1.29, 1.82) is 0 Å². The fraction of sp³-hybridized carbons (Fsp3) is 0.0909. The van der Waals surface area contributed by atoms with Gasteiger partial charge in [-0.15, -0.1) is 0 Å². The Morgan fingerprint density at radius 2 is 1.48 bits per heavy atom. The van der Waals surface area contributed by atoms with E-state index >= 15 is 0 Å². The largest absolute Gasteiger partial charge is 0.271 e. The number of carbonyl (C=O) groups excluding carboxylic acids is 1. The van der Waals surface area contributed by atoms with Crippen molar-refractivity contribution in [2.24, 2.45) is 5.10 Å². The summed E-state index contributed by atoms with van der Waals surface area (Å²) in [6.07, 6.45) is 0. The molecule has 1 N–H and O–H groups in total. The number of hydrogen-bond donors (Lipinski definition) is 1. The smallest absolute Gasteiger partial charge is 0.267 e. The SMILES string of the molecule is C/C(=N\NC(=O)c1ccc(-c2ccccc2)cc1)c1cccc(C)c1. The molecule has 3 aromatic rings. The molecule has 0 aliphatic heterocycles. The molecule has 1 amide bonds. The average molecular weight is 328 g/mol. The van der Waals surface area contributed by atoms with Crippen LogP contribution in [0.2, 0.25) is 0 Å². The molecule has 0 spiro atoms. The van der Waals surface area contributed by atoms with Gasteiger partial charge < -0.3 is 0 Å². The molecule has 0 heterocycles.